The highest BCUT2D eigenvalue weighted by atomic mass is 35.5. The van der Waals surface area contributed by atoms with E-state index in [1.165, 1.54) is 5.56 Å². The topological polar surface area (TPSA) is 39.9 Å². The summed E-state index contributed by atoms with van der Waals surface area (Å²) >= 11 is 6.03. The van der Waals surface area contributed by atoms with Gasteiger partial charge in [-0.05, 0) is 36.2 Å². The van der Waals surface area contributed by atoms with Crippen LogP contribution in [0.5, 0.6) is 5.75 Å². The lowest BCUT2D eigenvalue weighted by Gasteiger charge is -2.08. The maximum absolute atomic E-state index is 6.03. The van der Waals surface area contributed by atoms with Gasteiger partial charge >= 0.3 is 0 Å². The van der Waals surface area contributed by atoms with E-state index in [1.807, 2.05) is 42.7 Å². The largest absolute Gasteiger partial charge is 0.497 e. The first-order valence-electron chi connectivity index (χ1n) is 6.80. The zero-order valence-electron chi connectivity index (χ0n) is 11.8. The molecule has 2 aromatic heterocycles. The van der Waals surface area contributed by atoms with E-state index in [4.69, 9.17) is 16.3 Å². The summed E-state index contributed by atoms with van der Waals surface area (Å²) in [7, 11) is 1.67. The molecule has 1 aromatic carbocycles. The molecule has 0 aliphatic carbocycles. The summed E-state index contributed by atoms with van der Waals surface area (Å²) < 4.78 is 7.46. The van der Waals surface area contributed by atoms with Crippen LogP contribution in [0.1, 0.15) is 11.4 Å². The summed E-state index contributed by atoms with van der Waals surface area (Å²) in [6, 6.07) is 9.94. The molecule has 0 aliphatic rings. The molecule has 5 heteroatoms. The molecule has 3 rings (SSSR count). The molecule has 0 radical (unpaired) electrons. The fourth-order valence-corrected chi connectivity index (χ4v) is 2.63. The molecule has 0 fully saturated rings. The average molecular weight is 302 g/mol. The van der Waals surface area contributed by atoms with Crippen LogP contribution in [0.3, 0.4) is 0 Å². The number of nitrogens with zero attached hydrogens (tertiary/aromatic N) is 3. The van der Waals surface area contributed by atoms with Gasteiger partial charge in [0.1, 0.15) is 11.6 Å². The van der Waals surface area contributed by atoms with Crippen LogP contribution in [0, 0.1) is 0 Å². The SMILES string of the molecule is COc1ccc2nc(CCl)n(CCc3ccncc3)c2c1. The molecule has 0 N–H and O–H groups in total. The number of ether oxygens (including phenoxy) is 1. The third-order valence-electron chi connectivity index (χ3n) is 3.53. The van der Waals surface area contributed by atoms with Gasteiger partial charge in [-0.3, -0.25) is 4.98 Å². The zero-order chi connectivity index (χ0) is 14.7. The van der Waals surface area contributed by atoms with E-state index < -0.39 is 0 Å². The highest BCUT2D eigenvalue weighted by Gasteiger charge is 2.11. The van der Waals surface area contributed by atoms with Crippen LogP contribution in [0.4, 0.5) is 0 Å². The minimum atomic E-state index is 0.396. The number of fused-ring (bicyclic) bond motifs is 1. The van der Waals surface area contributed by atoms with Gasteiger partial charge in [0.05, 0.1) is 24.0 Å². The molecule has 0 atom stereocenters. The van der Waals surface area contributed by atoms with E-state index in [9.17, 15) is 0 Å². The van der Waals surface area contributed by atoms with Crippen molar-refractivity contribution in [3.05, 3.63) is 54.1 Å². The number of imidazole rings is 1. The summed E-state index contributed by atoms with van der Waals surface area (Å²) in [5.41, 5.74) is 3.25. The number of halogens is 1. The second-order valence-electron chi connectivity index (χ2n) is 4.77. The van der Waals surface area contributed by atoms with E-state index in [0.717, 1.165) is 35.6 Å². The Labute approximate surface area is 128 Å². The Balaban J connectivity index is 1.95. The molecule has 0 bridgehead atoms. The molecular formula is C16H16ClN3O. The second-order valence-corrected chi connectivity index (χ2v) is 5.04. The van der Waals surface area contributed by atoms with Crippen molar-refractivity contribution < 1.29 is 4.74 Å². The van der Waals surface area contributed by atoms with Gasteiger partial charge in [0.2, 0.25) is 0 Å². The van der Waals surface area contributed by atoms with Gasteiger partial charge in [0.25, 0.3) is 0 Å². The van der Waals surface area contributed by atoms with Gasteiger partial charge in [0, 0.05) is 25.0 Å². The summed E-state index contributed by atoms with van der Waals surface area (Å²) in [6.45, 7) is 0.829. The lowest BCUT2D eigenvalue weighted by molar-refractivity contribution is 0.415. The number of aromatic nitrogens is 3. The number of hydrogen-bond donors (Lipinski definition) is 0. The zero-order valence-corrected chi connectivity index (χ0v) is 12.5. The van der Waals surface area contributed by atoms with Crippen LogP contribution >= 0.6 is 11.6 Å². The van der Waals surface area contributed by atoms with Gasteiger partial charge in [0.15, 0.2) is 0 Å². The quantitative estimate of drug-likeness (QED) is 0.678. The smallest absolute Gasteiger partial charge is 0.124 e. The van der Waals surface area contributed by atoms with E-state index in [-0.39, 0.29) is 0 Å². The molecular weight excluding hydrogens is 286 g/mol. The minimum absolute atomic E-state index is 0.396. The molecule has 3 aromatic rings. The summed E-state index contributed by atoms with van der Waals surface area (Å²) in [4.78, 5) is 8.62. The van der Waals surface area contributed by atoms with E-state index in [0.29, 0.717) is 5.88 Å². The monoisotopic (exact) mass is 301 g/mol. The molecule has 0 unspecified atom stereocenters. The first-order chi connectivity index (χ1) is 10.3. The summed E-state index contributed by atoms with van der Waals surface area (Å²) in [5, 5.41) is 0. The molecule has 0 aliphatic heterocycles. The molecule has 108 valence electrons. The second kappa shape index (κ2) is 6.14. The van der Waals surface area contributed by atoms with E-state index in [1.54, 1.807) is 7.11 Å². The van der Waals surface area contributed by atoms with Crippen LogP contribution in [-0.2, 0) is 18.8 Å². The Morgan fingerprint density at radius 3 is 2.71 bits per heavy atom. The summed E-state index contributed by atoms with van der Waals surface area (Å²) in [5.74, 6) is 2.11. The van der Waals surface area contributed by atoms with Crippen molar-refractivity contribution in [3.8, 4) is 5.75 Å². The first-order valence-corrected chi connectivity index (χ1v) is 7.33. The fraction of sp³-hybridized carbons (Fsp3) is 0.250. The molecule has 0 amide bonds. The number of benzene rings is 1. The van der Waals surface area contributed by atoms with Crippen LogP contribution in [0.25, 0.3) is 11.0 Å². The number of aryl methyl sites for hydroxylation is 2. The van der Waals surface area contributed by atoms with Gasteiger partial charge in [-0.2, -0.15) is 0 Å². The van der Waals surface area contributed by atoms with Crippen LogP contribution in [-0.4, -0.2) is 21.6 Å². The number of rotatable bonds is 5. The van der Waals surface area contributed by atoms with Crippen LogP contribution in [0.15, 0.2) is 42.7 Å². The maximum Gasteiger partial charge on any atom is 0.124 e. The highest BCUT2D eigenvalue weighted by molar-refractivity contribution is 6.16. The Hall–Kier alpha value is -2.07. The van der Waals surface area contributed by atoms with Crippen molar-refractivity contribution in [2.45, 2.75) is 18.8 Å². The van der Waals surface area contributed by atoms with Gasteiger partial charge in [-0.25, -0.2) is 4.98 Å². The van der Waals surface area contributed by atoms with Crippen molar-refractivity contribution in [3.63, 3.8) is 0 Å². The lowest BCUT2D eigenvalue weighted by atomic mass is 10.2. The summed E-state index contributed by atoms with van der Waals surface area (Å²) in [6.07, 6.45) is 4.54. The van der Waals surface area contributed by atoms with Gasteiger partial charge < -0.3 is 9.30 Å². The molecule has 0 spiro atoms. The number of pyridine rings is 1. The molecule has 21 heavy (non-hydrogen) atoms. The van der Waals surface area contributed by atoms with Crippen molar-refractivity contribution in [2.75, 3.05) is 7.11 Å². The number of hydrogen-bond acceptors (Lipinski definition) is 3. The maximum atomic E-state index is 6.03. The van der Waals surface area contributed by atoms with Crippen LogP contribution in [0.2, 0.25) is 0 Å². The predicted molar refractivity (Wildman–Crippen MR) is 83.8 cm³/mol. The molecule has 4 nitrogen and oxygen atoms in total. The van der Waals surface area contributed by atoms with E-state index >= 15 is 0 Å². The first kappa shape index (κ1) is 13.9. The number of alkyl halides is 1. The molecule has 0 saturated heterocycles. The van der Waals surface area contributed by atoms with E-state index in [2.05, 4.69) is 14.5 Å². The highest BCUT2D eigenvalue weighted by Crippen LogP contribution is 2.23. The minimum Gasteiger partial charge on any atom is -0.497 e. The Bertz CT molecular complexity index is 740. The predicted octanol–water partition coefficient (Wildman–Crippen LogP) is 3.42. The third kappa shape index (κ3) is 2.85. The van der Waals surface area contributed by atoms with Crippen molar-refractivity contribution in [2.24, 2.45) is 0 Å². The van der Waals surface area contributed by atoms with Crippen molar-refractivity contribution in [1.29, 1.82) is 0 Å². The van der Waals surface area contributed by atoms with Gasteiger partial charge in [-0.15, -0.1) is 11.6 Å². The van der Waals surface area contributed by atoms with Gasteiger partial charge in [-0.1, -0.05) is 0 Å². The Kier molecular flexibility index (Phi) is 4.06. The molecule has 0 saturated carbocycles. The lowest BCUT2D eigenvalue weighted by Crippen LogP contribution is -2.05. The average Bonchev–Trinajstić information content (AvgIpc) is 2.90. The van der Waals surface area contributed by atoms with Crippen molar-refractivity contribution >= 4 is 22.6 Å². The standard InChI is InChI=1S/C16H16ClN3O/c1-21-13-2-3-14-15(10-13)20(16(11-17)19-14)9-6-12-4-7-18-8-5-12/h2-5,7-8,10H,6,9,11H2,1H3. The van der Waals surface area contributed by atoms with Crippen molar-refractivity contribution in [1.82, 2.24) is 14.5 Å². The number of methoxy groups -OCH3 is 1. The normalized spacial score (nSPS) is 11.0. The Morgan fingerprint density at radius 1 is 1.19 bits per heavy atom. The Morgan fingerprint density at radius 2 is 2.00 bits per heavy atom. The fourth-order valence-electron chi connectivity index (χ4n) is 2.42. The molecule has 2 heterocycles. The van der Waals surface area contributed by atoms with Crippen LogP contribution < -0.4 is 4.74 Å². The third-order valence-corrected chi connectivity index (χ3v) is 3.77.